The fourth-order valence-corrected chi connectivity index (χ4v) is 7.40. The Morgan fingerprint density at radius 3 is 2.73 bits per heavy atom. The molecule has 0 radical (unpaired) electrons. The van der Waals surface area contributed by atoms with Gasteiger partial charge in [-0.1, -0.05) is 19.9 Å². The smallest absolute Gasteiger partial charge is 0.178 e. The Labute approximate surface area is 152 Å². The largest absolute Gasteiger partial charge is 0.390 e. The van der Waals surface area contributed by atoms with Gasteiger partial charge in [0.1, 0.15) is 17.4 Å². The molecule has 9 atom stereocenters. The first-order valence-corrected chi connectivity index (χ1v) is 9.83. The van der Waals surface area contributed by atoms with E-state index in [1.165, 1.54) is 18.2 Å². The first-order valence-electron chi connectivity index (χ1n) is 9.83. The molecule has 142 valence electrons. The van der Waals surface area contributed by atoms with E-state index in [9.17, 15) is 9.90 Å². The van der Waals surface area contributed by atoms with Gasteiger partial charge in [0.05, 0.1) is 6.10 Å². The summed E-state index contributed by atoms with van der Waals surface area (Å²) in [4.78, 5) is 11.8. The zero-order valence-electron chi connectivity index (χ0n) is 15.5. The lowest BCUT2D eigenvalue weighted by molar-refractivity contribution is -0.187. The molecule has 4 unspecified atom stereocenters. The van der Waals surface area contributed by atoms with Crippen LogP contribution in [0.2, 0.25) is 0 Å². The molecule has 0 bridgehead atoms. The fourth-order valence-electron chi connectivity index (χ4n) is 7.40. The van der Waals surface area contributed by atoms with Gasteiger partial charge in [-0.05, 0) is 55.7 Å². The summed E-state index contributed by atoms with van der Waals surface area (Å²) in [6.45, 7) is 5.85. The number of fused-ring (bicyclic) bond motifs is 4. The van der Waals surface area contributed by atoms with E-state index in [2.05, 4.69) is 13.8 Å². The minimum absolute atomic E-state index is 0.0123. The Bertz CT molecular complexity index is 762. The van der Waals surface area contributed by atoms with E-state index in [1.807, 2.05) is 0 Å². The minimum Gasteiger partial charge on any atom is -0.390 e. The van der Waals surface area contributed by atoms with Crippen LogP contribution in [0.4, 0.5) is 8.78 Å². The van der Waals surface area contributed by atoms with Crippen molar-refractivity contribution >= 4 is 5.78 Å². The third-order valence-electron chi connectivity index (χ3n) is 8.65. The Kier molecular flexibility index (Phi) is 3.06. The van der Waals surface area contributed by atoms with Crippen molar-refractivity contribution in [2.24, 2.45) is 23.2 Å². The topological polar surface area (TPSA) is 49.8 Å². The number of halogens is 2. The molecular formula is C21H26F2O3. The molecule has 3 nitrogen and oxygen atoms in total. The number of carbonyl (C=O) groups excluding carboxylic acids is 1. The molecule has 0 aromatic rings. The lowest BCUT2D eigenvalue weighted by atomic mass is 9.47. The summed E-state index contributed by atoms with van der Waals surface area (Å²) in [5, 5.41) is 11.0. The van der Waals surface area contributed by atoms with Crippen molar-refractivity contribution < 1.29 is 23.4 Å². The van der Waals surface area contributed by atoms with E-state index in [1.54, 1.807) is 6.92 Å². The normalized spacial score (nSPS) is 59.8. The second-order valence-corrected chi connectivity index (χ2v) is 9.31. The number of allylic oxidation sites excluding steroid dienone is 4. The van der Waals surface area contributed by atoms with Crippen LogP contribution in [0.5, 0.6) is 0 Å². The van der Waals surface area contributed by atoms with Gasteiger partial charge in [0.15, 0.2) is 11.5 Å². The van der Waals surface area contributed by atoms with Crippen molar-refractivity contribution in [1.29, 1.82) is 0 Å². The van der Waals surface area contributed by atoms with Crippen LogP contribution in [0.15, 0.2) is 23.8 Å². The minimum atomic E-state index is -1.98. The Hall–Kier alpha value is -1.07. The first kappa shape index (κ1) is 17.1. The molecule has 5 heteroatoms. The second kappa shape index (κ2) is 4.67. The van der Waals surface area contributed by atoms with Crippen LogP contribution in [0, 0.1) is 23.2 Å². The standard InChI is InChI=1S/C21H26F2O3/c1-4-19-11(2)7-13-14-9-16(22)15-8-12(24)5-6-18(15,3)21(14,23)17(25)10-20(13,19)26-19/h5-6,8,11,13-14,16-17,25H,4,7,9-10H2,1-3H3/t11-,13+,14?,16+,17?,18?,19-,20?,21+/m1/s1. The van der Waals surface area contributed by atoms with Gasteiger partial charge in [0, 0.05) is 17.8 Å². The van der Waals surface area contributed by atoms with Crippen LogP contribution >= 0.6 is 0 Å². The van der Waals surface area contributed by atoms with Crippen LogP contribution in [0.3, 0.4) is 0 Å². The van der Waals surface area contributed by atoms with Gasteiger partial charge in [-0.25, -0.2) is 8.78 Å². The molecule has 1 spiro atoms. The number of aliphatic hydroxyl groups excluding tert-OH is 1. The van der Waals surface area contributed by atoms with Gasteiger partial charge >= 0.3 is 0 Å². The number of ketones is 1. The van der Waals surface area contributed by atoms with Crippen molar-refractivity contribution in [3.8, 4) is 0 Å². The molecule has 5 aliphatic rings. The number of aliphatic hydroxyl groups is 1. The van der Waals surface area contributed by atoms with E-state index in [-0.39, 0.29) is 41.6 Å². The van der Waals surface area contributed by atoms with Crippen LogP contribution in [0.1, 0.15) is 46.5 Å². The first-order chi connectivity index (χ1) is 12.2. The Morgan fingerprint density at radius 1 is 1.35 bits per heavy atom. The highest BCUT2D eigenvalue weighted by Gasteiger charge is 2.85. The van der Waals surface area contributed by atoms with Crippen molar-refractivity contribution in [3.05, 3.63) is 23.8 Å². The van der Waals surface area contributed by atoms with Gasteiger partial charge in [0.2, 0.25) is 0 Å². The van der Waals surface area contributed by atoms with Crippen LogP contribution in [-0.4, -0.2) is 40.0 Å². The molecule has 0 aromatic carbocycles. The number of ether oxygens (including phenoxy) is 1. The number of rotatable bonds is 1. The third kappa shape index (κ3) is 1.53. The van der Waals surface area contributed by atoms with Crippen molar-refractivity contribution in [2.75, 3.05) is 0 Å². The summed E-state index contributed by atoms with van der Waals surface area (Å²) < 4.78 is 38.1. The molecule has 3 saturated carbocycles. The van der Waals surface area contributed by atoms with Crippen LogP contribution < -0.4 is 0 Å². The molecule has 1 heterocycles. The molecule has 1 N–H and O–H groups in total. The molecule has 5 rings (SSSR count). The molecular weight excluding hydrogens is 338 g/mol. The average Bonchev–Trinajstić information content (AvgIpc) is 3.19. The summed E-state index contributed by atoms with van der Waals surface area (Å²) in [7, 11) is 0. The predicted molar refractivity (Wildman–Crippen MR) is 91.9 cm³/mol. The van der Waals surface area contributed by atoms with Crippen LogP contribution in [-0.2, 0) is 9.53 Å². The van der Waals surface area contributed by atoms with Gasteiger partial charge in [-0.2, -0.15) is 0 Å². The SMILES string of the molecule is CC[C@]12OC13CC(O)[C@@]1(F)C(C[C@H](F)C4=CC(=O)C=CC41C)[C@@H]3C[C@H]2C. The molecule has 26 heavy (non-hydrogen) atoms. The fraction of sp³-hybridized carbons (Fsp3) is 0.762. The highest BCUT2D eigenvalue weighted by atomic mass is 19.1. The molecule has 1 aliphatic heterocycles. The van der Waals surface area contributed by atoms with Gasteiger partial charge in [0.25, 0.3) is 0 Å². The summed E-state index contributed by atoms with van der Waals surface area (Å²) >= 11 is 0. The van der Waals surface area contributed by atoms with Gasteiger partial charge in [-0.3, -0.25) is 4.79 Å². The van der Waals surface area contributed by atoms with E-state index in [4.69, 9.17) is 4.74 Å². The molecule has 0 amide bonds. The van der Waals surface area contributed by atoms with Crippen molar-refractivity contribution in [1.82, 2.24) is 0 Å². The predicted octanol–water partition coefficient (Wildman–Crippen LogP) is 3.46. The molecule has 0 aromatic heterocycles. The van der Waals surface area contributed by atoms with Crippen molar-refractivity contribution in [2.45, 2.75) is 75.6 Å². The number of hydrogen-bond acceptors (Lipinski definition) is 3. The maximum atomic E-state index is 16.7. The number of alkyl halides is 2. The maximum absolute atomic E-state index is 16.7. The van der Waals surface area contributed by atoms with E-state index >= 15 is 8.78 Å². The van der Waals surface area contributed by atoms with Gasteiger partial charge < -0.3 is 9.84 Å². The highest BCUT2D eigenvalue weighted by Crippen LogP contribution is 2.76. The lowest BCUT2D eigenvalue weighted by Gasteiger charge is -2.59. The van der Waals surface area contributed by atoms with Crippen molar-refractivity contribution in [3.63, 3.8) is 0 Å². The monoisotopic (exact) mass is 364 g/mol. The number of carbonyl (C=O) groups is 1. The number of hydrogen-bond donors (Lipinski definition) is 1. The van der Waals surface area contributed by atoms with Crippen LogP contribution in [0.25, 0.3) is 0 Å². The van der Waals surface area contributed by atoms with E-state index < -0.39 is 34.9 Å². The molecule has 4 aliphatic carbocycles. The van der Waals surface area contributed by atoms with E-state index in [0.29, 0.717) is 0 Å². The molecule has 1 saturated heterocycles. The summed E-state index contributed by atoms with van der Waals surface area (Å²) in [6.07, 6.45) is 3.35. The highest BCUT2D eigenvalue weighted by molar-refractivity contribution is 6.01. The summed E-state index contributed by atoms with van der Waals surface area (Å²) in [5.74, 6) is -0.736. The van der Waals surface area contributed by atoms with Gasteiger partial charge in [-0.15, -0.1) is 0 Å². The Morgan fingerprint density at radius 2 is 2.08 bits per heavy atom. The maximum Gasteiger partial charge on any atom is 0.178 e. The third-order valence-corrected chi connectivity index (χ3v) is 8.65. The zero-order valence-corrected chi connectivity index (χ0v) is 15.5. The Balaban J connectivity index is 1.65. The second-order valence-electron chi connectivity index (χ2n) is 9.31. The van der Waals surface area contributed by atoms with E-state index in [0.717, 1.165) is 12.8 Å². The number of epoxide rings is 1. The molecule has 4 fully saturated rings. The average molecular weight is 364 g/mol. The quantitative estimate of drug-likeness (QED) is 0.725. The lowest BCUT2D eigenvalue weighted by Crippen LogP contribution is -2.68. The zero-order chi connectivity index (χ0) is 18.7. The summed E-state index contributed by atoms with van der Waals surface area (Å²) in [5.41, 5.74) is -3.89. The summed E-state index contributed by atoms with van der Waals surface area (Å²) in [6, 6.07) is 0.